The SMILES string of the molecule is Cc1cccc(C)c1NC(=O)C(=O)Nc1cccc([N+](=O)[O-])c1. The molecule has 2 aromatic rings. The summed E-state index contributed by atoms with van der Waals surface area (Å²) in [4.78, 5) is 34.0. The van der Waals surface area contributed by atoms with Crippen LogP contribution in [0.4, 0.5) is 17.1 Å². The van der Waals surface area contributed by atoms with E-state index in [2.05, 4.69) is 10.6 Å². The third-order valence-electron chi connectivity index (χ3n) is 3.24. The van der Waals surface area contributed by atoms with E-state index in [4.69, 9.17) is 0 Å². The number of carbonyl (C=O) groups is 2. The Balaban J connectivity index is 2.10. The number of hydrogen-bond donors (Lipinski definition) is 2. The van der Waals surface area contributed by atoms with Gasteiger partial charge < -0.3 is 10.6 Å². The van der Waals surface area contributed by atoms with Crippen LogP contribution in [0.3, 0.4) is 0 Å². The van der Waals surface area contributed by atoms with Crippen molar-refractivity contribution < 1.29 is 14.5 Å². The minimum Gasteiger partial charge on any atom is -0.318 e. The lowest BCUT2D eigenvalue weighted by molar-refractivity contribution is -0.384. The van der Waals surface area contributed by atoms with Crippen molar-refractivity contribution in [2.24, 2.45) is 0 Å². The van der Waals surface area contributed by atoms with Crippen LogP contribution in [0.1, 0.15) is 11.1 Å². The van der Waals surface area contributed by atoms with Gasteiger partial charge >= 0.3 is 11.8 Å². The molecule has 2 rings (SSSR count). The molecule has 23 heavy (non-hydrogen) atoms. The molecule has 0 bridgehead atoms. The normalized spacial score (nSPS) is 10.0. The summed E-state index contributed by atoms with van der Waals surface area (Å²) in [6.07, 6.45) is 0. The van der Waals surface area contributed by atoms with Crippen molar-refractivity contribution in [3.63, 3.8) is 0 Å². The molecule has 118 valence electrons. The van der Waals surface area contributed by atoms with Gasteiger partial charge in [-0.2, -0.15) is 0 Å². The smallest absolute Gasteiger partial charge is 0.314 e. The Bertz CT molecular complexity index is 766. The second-order valence-corrected chi connectivity index (χ2v) is 4.98. The van der Waals surface area contributed by atoms with Crippen LogP contribution in [0.5, 0.6) is 0 Å². The number of nitro groups is 1. The van der Waals surface area contributed by atoms with E-state index in [0.717, 1.165) is 11.1 Å². The molecule has 0 spiro atoms. The third kappa shape index (κ3) is 3.91. The average molecular weight is 313 g/mol. The highest BCUT2D eigenvalue weighted by atomic mass is 16.6. The molecule has 0 atom stereocenters. The summed E-state index contributed by atoms with van der Waals surface area (Å²) in [6, 6.07) is 10.9. The molecule has 0 heterocycles. The van der Waals surface area contributed by atoms with Gasteiger partial charge in [0.2, 0.25) is 0 Å². The summed E-state index contributed by atoms with van der Waals surface area (Å²) in [7, 11) is 0. The van der Waals surface area contributed by atoms with Gasteiger partial charge in [0, 0.05) is 23.5 Å². The van der Waals surface area contributed by atoms with Crippen molar-refractivity contribution >= 4 is 28.9 Å². The number of benzene rings is 2. The summed E-state index contributed by atoms with van der Waals surface area (Å²) < 4.78 is 0. The number of nitrogens with zero attached hydrogens (tertiary/aromatic N) is 1. The predicted octanol–water partition coefficient (Wildman–Crippen LogP) is 2.79. The Morgan fingerprint density at radius 1 is 0.957 bits per heavy atom. The molecule has 7 heteroatoms. The van der Waals surface area contributed by atoms with E-state index >= 15 is 0 Å². The summed E-state index contributed by atoms with van der Waals surface area (Å²) >= 11 is 0. The van der Waals surface area contributed by atoms with Crippen LogP contribution in [0.2, 0.25) is 0 Å². The fourth-order valence-corrected chi connectivity index (χ4v) is 2.07. The molecule has 7 nitrogen and oxygen atoms in total. The zero-order chi connectivity index (χ0) is 17.0. The lowest BCUT2D eigenvalue weighted by Crippen LogP contribution is -2.29. The molecule has 0 fully saturated rings. The first-order valence-electron chi connectivity index (χ1n) is 6.81. The quantitative estimate of drug-likeness (QED) is 0.517. The van der Waals surface area contributed by atoms with E-state index in [9.17, 15) is 19.7 Å². The van der Waals surface area contributed by atoms with Gasteiger partial charge in [-0.15, -0.1) is 0 Å². The van der Waals surface area contributed by atoms with Crippen LogP contribution in [0.25, 0.3) is 0 Å². The molecule has 0 aliphatic carbocycles. The first-order chi connectivity index (χ1) is 10.9. The topological polar surface area (TPSA) is 101 Å². The van der Waals surface area contributed by atoms with Gasteiger partial charge in [0.1, 0.15) is 0 Å². The van der Waals surface area contributed by atoms with Crippen molar-refractivity contribution in [1.82, 2.24) is 0 Å². The number of anilines is 2. The number of nitrogens with one attached hydrogen (secondary N) is 2. The minimum absolute atomic E-state index is 0.169. The Hall–Kier alpha value is -3.22. The lowest BCUT2D eigenvalue weighted by Gasteiger charge is -2.11. The number of hydrogen-bond acceptors (Lipinski definition) is 4. The third-order valence-corrected chi connectivity index (χ3v) is 3.24. The van der Waals surface area contributed by atoms with E-state index in [1.165, 1.54) is 24.3 Å². The van der Waals surface area contributed by atoms with Crippen molar-refractivity contribution in [2.45, 2.75) is 13.8 Å². The maximum absolute atomic E-state index is 12.0. The first kappa shape index (κ1) is 16.2. The molecule has 2 amide bonds. The molecular formula is C16H15N3O4. The Morgan fingerprint density at radius 2 is 1.52 bits per heavy atom. The van der Waals surface area contributed by atoms with Gasteiger partial charge in [0.25, 0.3) is 5.69 Å². The van der Waals surface area contributed by atoms with Crippen molar-refractivity contribution in [3.8, 4) is 0 Å². The molecule has 0 aliphatic heterocycles. The van der Waals surface area contributed by atoms with Gasteiger partial charge in [0.15, 0.2) is 0 Å². The van der Waals surface area contributed by atoms with Gasteiger partial charge in [-0.05, 0) is 31.0 Å². The van der Waals surface area contributed by atoms with Gasteiger partial charge in [-0.3, -0.25) is 19.7 Å². The number of aryl methyl sites for hydroxylation is 2. The lowest BCUT2D eigenvalue weighted by atomic mass is 10.1. The average Bonchev–Trinajstić information content (AvgIpc) is 2.51. The second kappa shape index (κ2) is 6.69. The van der Waals surface area contributed by atoms with Gasteiger partial charge in [0.05, 0.1) is 4.92 Å². The largest absolute Gasteiger partial charge is 0.318 e. The Kier molecular flexibility index (Phi) is 4.70. The van der Waals surface area contributed by atoms with E-state index in [1.54, 1.807) is 0 Å². The minimum atomic E-state index is -0.895. The number of rotatable bonds is 3. The Morgan fingerprint density at radius 3 is 2.13 bits per heavy atom. The fourth-order valence-electron chi connectivity index (χ4n) is 2.07. The van der Waals surface area contributed by atoms with Crippen LogP contribution in [0, 0.1) is 24.0 Å². The molecule has 2 aromatic carbocycles. The summed E-state index contributed by atoms with van der Waals surface area (Å²) in [5.41, 5.74) is 2.26. The number of para-hydroxylation sites is 1. The molecule has 0 saturated carbocycles. The standard InChI is InChI=1S/C16H15N3O4/c1-10-5-3-6-11(2)14(10)18-16(21)15(20)17-12-7-4-8-13(9-12)19(22)23/h3-9H,1-2H3,(H,17,20)(H,18,21). The van der Waals surface area contributed by atoms with Crippen LogP contribution < -0.4 is 10.6 Å². The molecule has 0 radical (unpaired) electrons. The maximum Gasteiger partial charge on any atom is 0.314 e. The molecule has 2 N–H and O–H groups in total. The molecular weight excluding hydrogens is 298 g/mol. The van der Waals surface area contributed by atoms with Crippen LogP contribution in [0.15, 0.2) is 42.5 Å². The van der Waals surface area contributed by atoms with E-state index in [1.807, 2.05) is 32.0 Å². The molecule has 0 aromatic heterocycles. The van der Waals surface area contributed by atoms with Crippen molar-refractivity contribution in [1.29, 1.82) is 0 Å². The highest BCUT2D eigenvalue weighted by molar-refractivity contribution is 6.43. The summed E-state index contributed by atoms with van der Waals surface area (Å²) in [6.45, 7) is 3.64. The number of amides is 2. The highest BCUT2D eigenvalue weighted by Gasteiger charge is 2.17. The number of nitro benzene ring substituents is 1. The maximum atomic E-state index is 12.0. The van der Waals surface area contributed by atoms with Crippen molar-refractivity contribution in [3.05, 3.63) is 63.7 Å². The summed E-state index contributed by atoms with van der Waals surface area (Å²) in [5.74, 6) is -1.73. The van der Waals surface area contributed by atoms with Crippen LogP contribution in [-0.2, 0) is 9.59 Å². The molecule has 0 aliphatic rings. The molecule has 0 saturated heterocycles. The van der Waals surface area contributed by atoms with Gasteiger partial charge in [-0.1, -0.05) is 24.3 Å². The van der Waals surface area contributed by atoms with Crippen LogP contribution >= 0.6 is 0 Å². The summed E-state index contributed by atoms with van der Waals surface area (Å²) in [5, 5.41) is 15.6. The Labute approximate surface area is 132 Å². The van der Waals surface area contributed by atoms with Crippen LogP contribution in [-0.4, -0.2) is 16.7 Å². The fraction of sp³-hybridized carbons (Fsp3) is 0.125. The monoisotopic (exact) mass is 313 g/mol. The predicted molar refractivity (Wildman–Crippen MR) is 86.3 cm³/mol. The molecule has 0 unspecified atom stereocenters. The zero-order valence-corrected chi connectivity index (χ0v) is 12.6. The second-order valence-electron chi connectivity index (χ2n) is 4.98. The highest BCUT2D eigenvalue weighted by Crippen LogP contribution is 2.20. The number of carbonyl (C=O) groups excluding carboxylic acids is 2. The van der Waals surface area contributed by atoms with E-state index in [-0.39, 0.29) is 11.4 Å². The van der Waals surface area contributed by atoms with E-state index < -0.39 is 16.7 Å². The van der Waals surface area contributed by atoms with Crippen molar-refractivity contribution in [2.75, 3.05) is 10.6 Å². The van der Waals surface area contributed by atoms with E-state index in [0.29, 0.717) is 5.69 Å². The van der Waals surface area contributed by atoms with Gasteiger partial charge in [-0.25, -0.2) is 0 Å². The first-order valence-corrected chi connectivity index (χ1v) is 6.81. The number of non-ortho nitro benzene ring substituents is 1. The zero-order valence-electron chi connectivity index (χ0n) is 12.6.